The van der Waals surface area contributed by atoms with Gasteiger partial charge in [0.15, 0.2) is 16.3 Å². The molecule has 0 spiro atoms. The van der Waals surface area contributed by atoms with Gasteiger partial charge in [0.1, 0.15) is 31.6 Å². The van der Waals surface area contributed by atoms with Gasteiger partial charge in [-0.05, 0) is 44.0 Å². The number of thiazole rings is 1. The number of carbonyl (C=O) groups is 2. The molecule has 1 amide bonds. The number of sulfonamides is 1. The molecule has 1 fully saturated rings. The van der Waals surface area contributed by atoms with E-state index in [1.807, 2.05) is 0 Å². The van der Waals surface area contributed by atoms with Crippen molar-refractivity contribution < 1.29 is 36.6 Å². The van der Waals surface area contributed by atoms with E-state index >= 15 is 0 Å². The summed E-state index contributed by atoms with van der Waals surface area (Å²) in [6.07, 6.45) is 0.768. The standard InChI is InChI=1S/C24H24FN3O7S2/c1-2-33-22(29)14-27-18-12-19-20(35-11-10-34-19)13-21(18)36-24(27)26-23(30)17-4-3-9-28(17)37(31,32)16-7-5-15(25)6-8-16/h5-8,12-13,17H,2-4,9-11,14H2,1H3. The van der Waals surface area contributed by atoms with Gasteiger partial charge in [-0.2, -0.15) is 9.30 Å². The van der Waals surface area contributed by atoms with Gasteiger partial charge in [0, 0.05) is 18.7 Å². The maximum absolute atomic E-state index is 13.3. The highest BCUT2D eigenvalue weighted by atomic mass is 32.2. The van der Waals surface area contributed by atoms with Gasteiger partial charge in [-0.25, -0.2) is 12.8 Å². The van der Waals surface area contributed by atoms with E-state index < -0.39 is 33.8 Å². The number of nitrogens with zero attached hydrogens (tertiary/aromatic N) is 3. The minimum atomic E-state index is -4.04. The smallest absolute Gasteiger partial charge is 0.326 e. The molecule has 0 radical (unpaired) electrons. The Morgan fingerprint density at radius 1 is 1.16 bits per heavy atom. The van der Waals surface area contributed by atoms with Crippen LogP contribution in [0.25, 0.3) is 10.2 Å². The molecule has 2 aromatic carbocycles. The predicted octanol–water partition coefficient (Wildman–Crippen LogP) is 2.46. The van der Waals surface area contributed by atoms with Crippen molar-refractivity contribution in [2.75, 3.05) is 26.4 Å². The molecule has 37 heavy (non-hydrogen) atoms. The lowest BCUT2D eigenvalue weighted by molar-refractivity contribution is -0.143. The summed E-state index contributed by atoms with van der Waals surface area (Å²) in [7, 11) is -4.04. The topological polar surface area (TPSA) is 116 Å². The Morgan fingerprint density at radius 3 is 2.57 bits per heavy atom. The monoisotopic (exact) mass is 549 g/mol. The van der Waals surface area contributed by atoms with Crippen molar-refractivity contribution >= 4 is 43.5 Å². The lowest BCUT2D eigenvalue weighted by atomic mass is 10.2. The normalized spacial score (nSPS) is 18.3. The van der Waals surface area contributed by atoms with Crippen LogP contribution in [0.1, 0.15) is 19.8 Å². The number of fused-ring (bicyclic) bond motifs is 2. The van der Waals surface area contributed by atoms with E-state index in [1.165, 1.54) is 23.5 Å². The van der Waals surface area contributed by atoms with E-state index in [9.17, 15) is 22.4 Å². The fourth-order valence-electron chi connectivity index (χ4n) is 4.37. The number of rotatable bonds is 6. The first kappa shape index (κ1) is 25.4. The molecule has 0 aliphatic carbocycles. The molecule has 2 aliphatic heterocycles. The average molecular weight is 550 g/mol. The number of hydrogen-bond acceptors (Lipinski definition) is 8. The van der Waals surface area contributed by atoms with E-state index in [0.717, 1.165) is 16.4 Å². The van der Waals surface area contributed by atoms with Gasteiger partial charge in [0.05, 0.1) is 21.7 Å². The molecule has 1 aromatic heterocycles. The molecule has 3 aromatic rings. The Bertz CT molecular complexity index is 1530. The summed E-state index contributed by atoms with van der Waals surface area (Å²) < 4.78 is 59.5. The van der Waals surface area contributed by atoms with Crippen LogP contribution in [0.3, 0.4) is 0 Å². The van der Waals surface area contributed by atoms with Crippen molar-refractivity contribution in [2.45, 2.75) is 37.2 Å². The van der Waals surface area contributed by atoms with Gasteiger partial charge in [-0.15, -0.1) is 0 Å². The zero-order valence-corrected chi connectivity index (χ0v) is 21.5. The number of amides is 1. The summed E-state index contributed by atoms with van der Waals surface area (Å²) in [6.45, 7) is 2.63. The maximum Gasteiger partial charge on any atom is 0.326 e. The molecule has 10 nitrogen and oxygen atoms in total. The van der Waals surface area contributed by atoms with Gasteiger partial charge in [-0.1, -0.05) is 11.3 Å². The van der Waals surface area contributed by atoms with E-state index in [-0.39, 0.29) is 29.4 Å². The van der Waals surface area contributed by atoms with Crippen molar-refractivity contribution in [3.63, 3.8) is 0 Å². The summed E-state index contributed by atoms with van der Waals surface area (Å²) in [5.41, 5.74) is 0.607. The van der Waals surface area contributed by atoms with Crippen LogP contribution in [-0.2, 0) is 30.9 Å². The molecule has 5 rings (SSSR count). The fourth-order valence-corrected chi connectivity index (χ4v) is 7.06. The minimum Gasteiger partial charge on any atom is -0.486 e. The molecule has 1 saturated heterocycles. The molecule has 2 aliphatic rings. The van der Waals surface area contributed by atoms with Gasteiger partial charge < -0.3 is 18.8 Å². The Balaban J connectivity index is 1.54. The van der Waals surface area contributed by atoms with Crippen LogP contribution in [0.2, 0.25) is 0 Å². The zero-order valence-electron chi connectivity index (χ0n) is 19.9. The van der Waals surface area contributed by atoms with E-state index in [2.05, 4.69) is 4.99 Å². The third kappa shape index (κ3) is 4.98. The molecular weight excluding hydrogens is 525 g/mol. The first-order valence-corrected chi connectivity index (χ1v) is 14.0. The third-order valence-corrected chi connectivity index (χ3v) is 9.02. The SMILES string of the molecule is CCOC(=O)Cn1c(=NC(=O)C2CCCN2S(=O)(=O)c2ccc(F)cc2)sc2cc3c(cc21)OCCO3. The van der Waals surface area contributed by atoms with Crippen LogP contribution in [-0.4, -0.2) is 61.6 Å². The molecule has 1 unspecified atom stereocenters. The summed E-state index contributed by atoms with van der Waals surface area (Å²) in [6, 6.07) is 6.94. The minimum absolute atomic E-state index is 0.0987. The number of aromatic nitrogens is 1. The van der Waals surface area contributed by atoms with Gasteiger partial charge in [0.25, 0.3) is 5.91 Å². The second-order valence-electron chi connectivity index (χ2n) is 8.42. The molecular formula is C24H24FN3O7S2. The first-order valence-electron chi connectivity index (χ1n) is 11.7. The molecule has 0 bridgehead atoms. The number of hydrogen-bond donors (Lipinski definition) is 0. The van der Waals surface area contributed by atoms with Gasteiger partial charge in [-0.3, -0.25) is 9.59 Å². The van der Waals surface area contributed by atoms with Crippen LogP contribution in [0.4, 0.5) is 4.39 Å². The second kappa shape index (κ2) is 10.2. The van der Waals surface area contributed by atoms with Crippen LogP contribution >= 0.6 is 11.3 Å². The van der Waals surface area contributed by atoms with Crippen molar-refractivity contribution in [3.05, 3.63) is 47.0 Å². The summed E-state index contributed by atoms with van der Waals surface area (Å²) >= 11 is 1.17. The van der Waals surface area contributed by atoms with E-state index in [4.69, 9.17) is 14.2 Å². The predicted molar refractivity (Wildman–Crippen MR) is 131 cm³/mol. The zero-order chi connectivity index (χ0) is 26.2. The van der Waals surface area contributed by atoms with Crippen LogP contribution in [0.15, 0.2) is 46.3 Å². The van der Waals surface area contributed by atoms with Crippen molar-refractivity contribution in [3.8, 4) is 11.5 Å². The molecule has 0 saturated carbocycles. The first-order chi connectivity index (χ1) is 17.8. The molecule has 0 N–H and O–H groups in total. The lowest BCUT2D eigenvalue weighted by Gasteiger charge is -2.21. The maximum atomic E-state index is 13.3. The Morgan fingerprint density at radius 2 is 1.86 bits per heavy atom. The van der Waals surface area contributed by atoms with Crippen LogP contribution in [0.5, 0.6) is 11.5 Å². The number of halogens is 1. The summed E-state index contributed by atoms with van der Waals surface area (Å²) in [4.78, 5) is 30.1. The number of ether oxygens (including phenoxy) is 3. The van der Waals surface area contributed by atoms with Gasteiger partial charge >= 0.3 is 5.97 Å². The lowest BCUT2D eigenvalue weighted by Crippen LogP contribution is -2.40. The highest BCUT2D eigenvalue weighted by Crippen LogP contribution is 2.35. The Kier molecular flexibility index (Phi) is 7.01. The molecule has 196 valence electrons. The Labute approximate surface area is 215 Å². The van der Waals surface area contributed by atoms with Crippen LogP contribution < -0.4 is 14.3 Å². The largest absolute Gasteiger partial charge is 0.486 e. The average Bonchev–Trinajstić information content (AvgIpc) is 3.49. The number of carbonyl (C=O) groups excluding carboxylic acids is 2. The molecule has 3 heterocycles. The summed E-state index contributed by atoms with van der Waals surface area (Å²) in [5, 5.41) is 0. The van der Waals surface area contributed by atoms with Crippen molar-refractivity contribution in [2.24, 2.45) is 4.99 Å². The van der Waals surface area contributed by atoms with Crippen molar-refractivity contribution in [1.29, 1.82) is 0 Å². The summed E-state index contributed by atoms with van der Waals surface area (Å²) in [5.74, 6) is -0.652. The second-order valence-corrected chi connectivity index (χ2v) is 11.3. The number of esters is 1. The molecule has 13 heteroatoms. The van der Waals surface area contributed by atoms with Crippen LogP contribution in [0, 0.1) is 5.82 Å². The Hall–Kier alpha value is -3.29. The number of benzene rings is 2. The van der Waals surface area contributed by atoms with Gasteiger partial charge in [0.2, 0.25) is 10.0 Å². The third-order valence-electron chi connectivity index (χ3n) is 6.05. The highest BCUT2D eigenvalue weighted by Gasteiger charge is 2.39. The van der Waals surface area contributed by atoms with Crippen molar-refractivity contribution in [1.82, 2.24) is 8.87 Å². The quantitative estimate of drug-likeness (QED) is 0.434. The highest BCUT2D eigenvalue weighted by molar-refractivity contribution is 7.89. The van der Waals surface area contributed by atoms with E-state index in [0.29, 0.717) is 47.8 Å². The fraction of sp³-hybridized carbons (Fsp3) is 0.375. The molecule has 1 atom stereocenters. The van der Waals surface area contributed by atoms with E-state index in [1.54, 1.807) is 23.6 Å².